The van der Waals surface area contributed by atoms with Crippen molar-refractivity contribution in [3.63, 3.8) is 0 Å². The molecule has 3 rings (SSSR count). The van der Waals surface area contributed by atoms with E-state index in [1.54, 1.807) is 0 Å². The van der Waals surface area contributed by atoms with E-state index in [-0.39, 0.29) is 12.0 Å². The van der Waals surface area contributed by atoms with Crippen molar-refractivity contribution in [3.05, 3.63) is 11.7 Å². The molecule has 4 nitrogen and oxygen atoms in total. The molecule has 0 aliphatic heterocycles. The van der Waals surface area contributed by atoms with E-state index in [4.69, 9.17) is 4.52 Å². The maximum atomic E-state index is 10.0. The van der Waals surface area contributed by atoms with E-state index < -0.39 is 0 Å². The smallest absolute Gasteiger partial charge is 0.232 e. The van der Waals surface area contributed by atoms with Crippen LogP contribution in [0.2, 0.25) is 0 Å². The molecular formula is C15H24N2O2S. The molecule has 2 aliphatic carbocycles. The fraction of sp³-hybridized carbons (Fsp3) is 0.867. The van der Waals surface area contributed by atoms with Crippen LogP contribution < -0.4 is 0 Å². The van der Waals surface area contributed by atoms with Crippen LogP contribution >= 0.6 is 11.8 Å². The molecule has 112 valence electrons. The lowest BCUT2D eigenvalue weighted by molar-refractivity contribution is 0.0908. The van der Waals surface area contributed by atoms with Gasteiger partial charge in [0.25, 0.3) is 0 Å². The molecule has 1 N–H and O–H groups in total. The SMILES string of the molecule is OC1CCCCC1c1nc(CSC2CCCCC2)no1. The van der Waals surface area contributed by atoms with Crippen LogP contribution in [0.25, 0.3) is 0 Å². The molecule has 2 unspecified atom stereocenters. The molecule has 0 spiro atoms. The Morgan fingerprint density at radius 3 is 2.60 bits per heavy atom. The first-order valence-corrected chi connectivity index (χ1v) is 9.00. The second kappa shape index (κ2) is 6.94. The Hall–Kier alpha value is -0.550. The van der Waals surface area contributed by atoms with Crippen molar-refractivity contribution in [1.82, 2.24) is 10.1 Å². The zero-order chi connectivity index (χ0) is 13.8. The minimum Gasteiger partial charge on any atom is -0.392 e. The molecule has 0 amide bonds. The maximum Gasteiger partial charge on any atom is 0.232 e. The third-order valence-corrected chi connectivity index (χ3v) is 5.90. The molecule has 0 aromatic carbocycles. The Morgan fingerprint density at radius 2 is 1.80 bits per heavy atom. The molecule has 2 aliphatic rings. The van der Waals surface area contributed by atoms with Crippen molar-refractivity contribution in [2.45, 2.75) is 80.8 Å². The van der Waals surface area contributed by atoms with E-state index in [0.29, 0.717) is 5.89 Å². The third-order valence-electron chi connectivity index (χ3n) is 4.53. The standard InChI is InChI=1S/C15H24N2O2S/c18-13-9-5-4-8-12(13)15-16-14(17-19-15)10-20-11-6-2-1-3-7-11/h11-13,18H,1-10H2. The number of aromatic nitrogens is 2. The van der Waals surface area contributed by atoms with E-state index >= 15 is 0 Å². The van der Waals surface area contributed by atoms with Crippen LogP contribution in [0, 0.1) is 0 Å². The first-order chi connectivity index (χ1) is 9.83. The van der Waals surface area contributed by atoms with Crippen LogP contribution in [0.1, 0.15) is 75.4 Å². The highest BCUT2D eigenvalue weighted by atomic mass is 32.2. The van der Waals surface area contributed by atoms with Crippen LogP contribution in [0.3, 0.4) is 0 Å². The van der Waals surface area contributed by atoms with Gasteiger partial charge in [-0.15, -0.1) is 0 Å². The Labute approximate surface area is 124 Å². The van der Waals surface area contributed by atoms with Crippen molar-refractivity contribution in [1.29, 1.82) is 0 Å². The fourth-order valence-electron chi connectivity index (χ4n) is 3.30. The van der Waals surface area contributed by atoms with Gasteiger partial charge in [0.1, 0.15) is 0 Å². The summed E-state index contributed by atoms with van der Waals surface area (Å²) in [5.74, 6) is 2.35. The van der Waals surface area contributed by atoms with Crippen molar-refractivity contribution in [2.75, 3.05) is 0 Å². The maximum absolute atomic E-state index is 10.0. The van der Waals surface area contributed by atoms with Gasteiger partial charge in [-0.25, -0.2) is 0 Å². The molecular weight excluding hydrogens is 272 g/mol. The van der Waals surface area contributed by atoms with E-state index in [2.05, 4.69) is 10.1 Å². The number of aliphatic hydroxyl groups excluding tert-OH is 1. The lowest BCUT2D eigenvalue weighted by atomic mass is 9.86. The predicted molar refractivity (Wildman–Crippen MR) is 79.7 cm³/mol. The van der Waals surface area contributed by atoms with Gasteiger partial charge in [-0.3, -0.25) is 0 Å². The van der Waals surface area contributed by atoms with Gasteiger partial charge in [-0.2, -0.15) is 16.7 Å². The lowest BCUT2D eigenvalue weighted by Gasteiger charge is -2.24. The molecule has 2 fully saturated rings. The summed E-state index contributed by atoms with van der Waals surface area (Å²) in [7, 11) is 0. The Kier molecular flexibility index (Phi) is 4.99. The highest BCUT2D eigenvalue weighted by Gasteiger charge is 2.29. The molecule has 5 heteroatoms. The van der Waals surface area contributed by atoms with Crippen molar-refractivity contribution >= 4 is 11.8 Å². The van der Waals surface area contributed by atoms with E-state index in [1.807, 2.05) is 11.8 Å². The fourth-order valence-corrected chi connectivity index (χ4v) is 4.47. The molecule has 1 aromatic rings. The van der Waals surface area contributed by atoms with Crippen molar-refractivity contribution in [2.24, 2.45) is 0 Å². The summed E-state index contributed by atoms with van der Waals surface area (Å²) in [5.41, 5.74) is 0. The van der Waals surface area contributed by atoms with Crippen LogP contribution in [0.4, 0.5) is 0 Å². The summed E-state index contributed by atoms with van der Waals surface area (Å²) in [6, 6.07) is 0. The number of nitrogens with zero attached hydrogens (tertiary/aromatic N) is 2. The summed E-state index contributed by atoms with van der Waals surface area (Å²) >= 11 is 1.96. The van der Waals surface area contributed by atoms with Gasteiger partial charge in [0, 0.05) is 5.25 Å². The molecule has 1 heterocycles. The average molecular weight is 296 g/mol. The molecule has 2 saturated carbocycles. The predicted octanol–water partition coefficient (Wildman–Crippen LogP) is 3.65. The number of thioether (sulfide) groups is 1. The summed E-state index contributed by atoms with van der Waals surface area (Å²) in [6.45, 7) is 0. The quantitative estimate of drug-likeness (QED) is 0.919. The van der Waals surface area contributed by atoms with Gasteiger partial charge in [0.05, 0.1) is 17.8 Å². The van der Waals surface area contributed by atoms with Gasteiger partial charge in [-0.1, -0.05) is 37.3 Å². The molecule has 0 radical (unpaired) electrons. The van der Waals surface area contributed by atoms with Crippen molar-refractivity contribution in [3.8, 4) is 0 Å². The number of hydrogen-bond acceptors (Lipinski definition) is 5. The van der Waals surface area contributed by atoms with Crippen LogP contribution in [0.15, 0.2) is 4.52 Å². The summed E-state index contributed by atoms with van der Waals surface area (Å²) in [6.07, 6.45) is 10.6. The Bertz CT molecular complexity index is 418. The zero-order valence-corrected chi connectivity index (χ0v) is 12.8. The normalized spacial score (nSPS) is 28.6. The first-order valence-electron chi connectivity index (χ1n) is 7.95. The van der Waals surface area contributed by atoms with E-state index in [9.17, 15) is 5.11 Å². The largest absolute Gasteiger partial charge is 0.392 e. The van der Waals surface area contributed by atoms with Gasteiger partial charge in [-0.05, 0) is 25.7 Å². The van der Waals surface area contributed by atoms with Crippen LogP contribution in [0.5, 0.6) is 0 Å². The topological polar surface area (TPSA) is 59.2 Å². The van der Waals surface area contributed by atoms with Gasteiger partial charge >= 0.3 is 0 Å². The minimum absolute atomic E-state index is 0.0599. The monoisotopic (exact) mass is 296 g/mol. The van der Waals surface area contributed by atoms with E-state index in [1.165, 1.54) is 32.1 Å². The Balaban J connectivity index is 1.53. The second-order valence-electron chi connectivity index (χ2n) is 6.08. The minimum atomic E-state index is -0.303. The highest BCUT2D eigenvalue weighted by Crippen LogP contribution is 2.33. The third kappa shape index (κ3) is 3.55. The average Bonchev–Trinajstić information content (AvgIpc) is 2.95. The van der Waals surface area contributed by atoms with E-state index in [0.717, 1.165) is 42.5 Å². The summed E-state index contributed by atoms with van der Waals surface area (Å²) in [4.78, 5) is 4.51. The van der Waals surface area contributed by atoms with Gasteiger partial charge < -0.3 is 9.63 Å². The molecule has 0 bridgehead atoms. The number of rotatable bonds is 4. The number of aliphatic hydroxyl groups is 1. The number of hydrogen-bond donors (Lipinski definition) is 1. The molecule has 2 atom stereocenters. The van der Waals surface area contributed by atoms with Crippen LogP contribution in [-0.4, -0.2) is 26.6 Å². The Morgan fingerprint density at radius 1 is 1.05 bits per heavy atom. The molecule has 0 saturated heterocycles. The van der Waals surface area contributed by atoms with Gasteiger partial charge in [0.2, 0.25) is 5.89 Å². The molecule has 1 aromatic heterocycles. The first kappa shape index (κ1) is 14.4. The van der Waals surface area contributed by atoms with Crippen LogP contribution in [-0.2, 0) is 5.75 Å². The summed E-state index contributed by atoms with van der Waals surface area (Å²) in [5, 5.41) is 14.9. The zero-order valence-electron chi connectivity index (χ0n) is 12.0. The second-order valence-corrected chi connectivity index (χ2v) is 7.37. The van der Waals surface area contributed by atoms with Gasteiger partial charge in [0.15, 0.2) is 5.82 Å². The highest BCUT2D eigenvalue weighted by molar-refractivity contribution is 7.99. The molecule has 20 heavy (non-hydrogen) atoms. The van der Waals surface area contributed by atoms with Crippen molar-refractivity contribution < 1.29 is 9.63 Å². The lowest BCUT2D eigenvalue weighted by Crippen LogP contribution is -2.22. The summed E-state index contributed by atoms with van der Waals surface area (Å²) < 4.78 is 5.38.